The molecule has 2 aromatic rings. The molecule has 6 heteroatoms. The Bertz CT molecular complexity index is 737. The fraction of sp³-hybridized carbons (Fsp3) is 0.200. The smallest absolute Gasteiger partial charge is 0.283 e. The maximum atomic E-state index is 5.88. The highest BCUT2D eigenvalue weighted by atomic mass is 16.5. The Morgan fingerprint density at radius 3 is 2.90 bits per heavy atom. The Morgan fingerprint density at radius 2 is 2.14 bits per heavy atom. The molecule has 0 saturated heterocycles. The number of hydrogen-bond acceptors (Lipinski definition) is 5. The molecule has 2 N–H and O–H groups in total. The van der Waals surface area contributed by atoms with E-state index in [1.807, 2.05) is 31.2 Å². The monoisotopic (exact) mass is 277 g/mol. The zero-order chi connectivity index (χ0) is 14.6. The van der Waals surface area contributed by atoms with Gasteiger partial charge in [0.15, 0.2) is 5.54 Å². The van der Waals surface area contributed by atoms with E-state index in [0.717, 1.165) is 16.7 Å². The summed E-state index contributed by atoms with van der Waals surface area (Å²) in [6.45, 7) is 2.33. The number of rotatable bonds is 0. The quantitative estimate of drug-likeness (QED) is 0.726. The SMILES string of the molecule is [B]c1cnc2c(c1)C1(COC(N)=N1)c1cc(C)ccc1O2. The number of amidine groups is 1. The molecule has 1 aromatic carbocycles. The lowest BCUT2D eigenvalue weighted by molar-refractivity contribution is 0.262. The van der Waals surface area contributed by atoms with Crippen molar-refractivity contribution in [1.82, 2.24) is 4.98 Å². The van der Waals surface area contributed by atoms with E-state index >= 15 is 0 Å². The third-order valence-electron chi connectivity index (χ3n) is 3.84. The number of benzene rings is 1. The average molecular weight is 277 g/mol. The molecule has 1 atom stereocenters. The standard InChI is InChI=1S/C15H12BN3O2/c1-8-2-3-12-10(4-8)15(7-20-14(17)19-15)11-5-9(16)6-18-13(11)21-12/h2-6H,7H2,1H3,(H2,17,19). The Kier molecular flexibility index (Phi) is 2.34. The molecule has 3 heterocycles. The molecule has 0 fully saturated rings. The number of pyridine rings is 1. The van der Waals surface area contributed by atoms with Gasteiger partial charge in [-0.15, -0.1) is 0 Å². The van der Waals surface area contributed by atoms with Gasteiger partial charge in [-0.2, -0.15) is 0 Å². The van der Waals surface area contributed by atoms with E-state index in [-0.39, 0.29) is 6.02 Å². The molecule has 102 valence electrons. The molecule has 0 aliphatic carbocycles. The van der Waals surface area contributed by atoms with Gasteiger partial charge < -0.3 is 15.2 Å². The van der Waals surface area contributed by atoms with E-state index in [2.05, 4.69) is 9.98 Å². The molecular formula is C15H12BN3O2. The Morgan fingerprint density at radius 1 is 1.29 bits per heavy atom. The number of nitrogens with two attached hydrogens (primary N) is 1. The van der Waals surface area contributed by atoms with Crippen molar-refractivity contribution >= 4 is 19.3 Å². The third kappa shape index (κ3) is 1.65. The average Bonchev–Trinajstić information content (AvgIpc) is 2.84. The molecule has 2 aliphatic heterocycles. The lowest BCUT2D eigenvalue weighted by Crippen LogP contribution is -2.32. The second-order valence-electron chi connectivity index (χ2n) is 5.32. The molecular weight excluding hydrogens is 265 g/mol. The van der Waals surface area contributed by atoms with Crippen LogP contribution in [0, 0.1) is 6.92 Å². The van der Waals surface area contributed by atoms with Crippen LogP contribution in [0.1, 0.15) is 16.7 Å². The van der Waals surface area contributed by atoms with Crippen molar-refractivity contribution in [2.24, 2.45) is 10.7 Å². The van der Waals surface area contributed by atoms with Gasteiger partial charge in [-0.05, 0) is 19.1 Å². The maximum absolute atomic E-state index is 5.88. The van der Waals surface area contributed by atoms with Gasteiger partial charge in [0.25, 0.3) is 6.02 Å². The van der Waals surface area contributed by atoms with Crippen molar-refractivity contribution in [2.75, 3.05) is 6.61 Å². The third-order valence-corrected chi connectivity index (χ3v) is 3.84. The number of hydrogen-bond donors (Lipinski definition) is 1. The Balaban J connectivity index is 2.05. The number of ether oxygens (including phenoxy) is 2. The van der Waals surface area contributed by atoms with E-state index in [9.17, 15) is 0 Å². The van der Waals surface area contributed by atoms with Crippen molar-refractivity contribution in [1.29, 1.82) is 0 Å². The molecule has 1 spiro atoms. The highest BCUT2D eigenvalue weighted by molar-refractivity contribution is 6.32. The minimum Gasteiger partial charge on any atom is -0.462 e. The van der Waals surface area contributed by atoms with Crippen LogP contribution in [-0.2, 0) is 10.3 Å². The van der Waals surface area contributed by atoms with Crippen LogP contribution in [0.4, 0.5) is 0 Å². The van der Waals surface area contributed by atoms with E-state index in [1.165, 1.54) is 0 Å². The molecule has 5 nitrogen and oxygen atoms in total. The lowest BCUT2D eigenvalue weighted by atomic mass is 9.80. The summed E-state index contributed by atoms with van der Waals surface area (Å²) in [4.78, 5) is 8.81. The van der Waals surface area contributed by atoms with Gasteiger partial charge in [0, 0.05) is 17.3 Å². The minimum atomic E-state index is -0.735. The molecule has 0 bridgehead atoms. The fourth-order valence-corrected chi connectivity index (χ4v) is 2.86. The van der Waals surface area contributed by atoms with Crippen LogP contribution in [0.5, 0.6) is 11.6 Å². The van der Waals surface area contributed by atoms with Gasteiger partial charge in [-0.3, -0.25) is 0 Å². The second kappa shape index (κ2) is 4.01. The zero-order valence-electron chi connectivity index (χ0n) is 11.5. The number of nitrogens with zero attached hydrogens (tertiary/aromatic N) is 2. The first-order chi connectivity index (χ1) is 10.1. The van der Waals surface area contributed by atoms with E-state index < -0.39 is 5.54 Å². The van der Waals surface area contributed by atoms with E-state index in [1.54, 1.807) is 6.20 Å². The van der Waals surface area contributed by atoms with Crippen LogP contribution in [0.3, 0.4) is 0 Å². The van der Waals surface area contributed by atoms with Gasteiger partial charge >= 0.3 is 0 Å². The summed E-state index contributed by atoms with van der Waals surface area (Å²) in [5.41, 5.74) is 8.39. The van der Waals surface area contributed by atoms with Crippen molar-refractivity contribution < 1.29 is 9.47 Å². The summed E-state index contributed by atoms with van der Waals surface area (Å²) in [7, 11) is 5.88. The lowest BCUT2D eigenvalue weighted by Gasteiger charge is -2.33. The van der Waals surface area contributed by atoms with Crippen molar-refractivity contribution in [3.05, 3.63) is 47.2 Å². The summed E-state index contributed by atoms with van der Waals surface area (Å²) in [5, 5.41) is 0. The maximum Gasteiger partial charge on any atom is 0.283 e. The van der Waals surface area contributed by atoms with Crippen LogP contribution in [-0.4, -0.2) is 25.5 Å². The first kappa shape index (κ1) is 12.3. The van der Waals surface area contributed by atoms with Crippen LogP contribution in [0.2, 0.25) is 0 Å². The predicted octanol–water partition coefficient (Wildman–Crippen LogP) is 0.878. The first-order valence-electron chi connectivity index (χ1n) is 6.62. The molecule has 2 aliphatic rings. The number of fused-ring (bicyclic) bond motifs is 4. The molecule has 0 amide bonds. The van der Waals surface area contributed by atoms with E-state index in [0.29, 0.717) is 23.7 Å². The molecule has 0 saturated carbocycles. The molecule has 4 rings (SSSR count). The highest BCUT2D eigenvalue weighted by Gasteiger charge is 2.47. The van der Waals surface area contributed by atoms with Crippen molar-refractivity contribution in [2.45, 2.75) is 12.5 Å². The normalized spacial score (nSPS) is 22.0. The molecule has 2 radical (unpaired) electrons. The molecule has 1 aromatic heterocycles. The first-order valence-corrected chi connectivity index (χ1v) is 6.62. The van der Waals surface area contributed by atoms with Crippen LogP contribution in [0.25, 0.3) is 0 Å². The Labute approximate surface area is 123 Å². The molecule has 21 heavy (non-hydrogen) atoms. The van der Waals surface area contributed by atoms with Gasteiger partial charge in [-0.1, -0.05) is 23.2 Å². The summed E-state index contributed by atoms with van der Waals surface area (Å²) >= 11 is 0. The predicted molar refractivity (Wildman–Crippen MR) is 79.2 cm³/mol. The van der Waals surface area contributed by atoms with Gasteiger partial charge in [0.1, 0.15) is 20.2 Å². The summed E-state index contributed by atoms with van der Waals surface area (Å²) in [6, 6.07) is 7.92. The van der Waals surface area contributed by atoms with Gasteiger partial charge in [0.05, 0.1) is 0 Å². The van der Waals surface area contributed by atoms with E-state index in [4.69, 9.17) is 23.1 Å². The minimum absolute atomic E-state index is 0.165. The van der Waals surface area contributed by atoms with Crippen LogP contribution >= 0.6 is 0 Å². The Hall–Kier alpha value is -2.50. The van der Waals surface area contributed by atoms with Crippen molar-refractivity contribution in [3.63, 3.8) is 0 Å². The zero-order valence-corrected chi connectivity index (χ0v) is 11.5. The molecule has 1 unspecified atom stereocenters. The topological polar surface area (TPSA) is 69.7 Å². The summed E-state index contributed by atoms with van der Waals surface area (Å²) < 4.78 is 11.3. The number of aryl methyl sites for hydroxylation is 1. The number of aliphatic imine (C=N–C) groups is 1. The second-order valence-corrected chi connectivity index (χ2v) is 5.32. The highest BCUT2D eigenvalue weighted by Crippen LogP contribution is 2.49. The van der Waals surface area contributed by atoms with Gasteiger partial charge in [-0.25, -0.2) is 9.98 Å². The van der Waals surface area contributed by atoms with Crippen LogP contribution in [0.15, 0.2) is 35.5 Å². The van der Waals surface area contributed by atoms with Crippen molar-refractivity contribution in [3.8, 4) is 11.6 Å². The summed E-state index contributed by atoms with van der Waals surface area (Å²) in [6.07, 6.45) is 1.56. The van der Waals surface area contributed by atoms with Gasteiger partial charge in [0.2, 0.25) is 5.88 Å². The van der Waals surface area contributed by atoms with Crippen LogP contribution < -0.4 is 15.9 Å². The largest absolute Gasteiger partial charge is 0.462 e. The fourth-order valence-electron chi connectivity index (χ4n) is 2.86. The number of aromatic nitrogens is 1. The summed E-state index contributed by atoms with van der Waals surface area (Å²) in [5.74, 6) is 1.20.